The molecule has 0 amide bonds. The van der Waals surface area contributed by atoms with Gasteiger partial charge in [-0.15, -0.1) is 0 Å². The number of hydrogen-bond donors (Lipinski definition) is 0. The third-order valence-corrected chi connectivity index (χ3v) is 2.64. The van der Waals surface area contributed by atoms with Crippen LogP contribution in [0.25, 0.3) is 11.1 Å². The van der Waals surface area contributed by atoms with Crippen molar-refractivity contribution in [3.05, 3.63) is 54.6 Å². The molecule has 21 heavy (non-hydrogen) atoms. The van der Waals surface area contributed by atoms with Gasteiger partial charge in [0.1, 0.15) is 12.2 Å². The maximum absolute atomic E-state index is 13.4. The smallest absolute Gasteiger partial charge is 0.406 e. The van der Waals surface area contributed by atoms with Crippen LogP contribution in [-0.2, 0) is 0 Å². The zero-order valence-electron chi connectivity index (χ0n) is 10.7. The highest BCUT2D eigenvalue weighted by Gasteiger charge is 2.46. The normalized spacial score (nSPS) is 12.2. The molecule has 2 aromatic carbocycles. The highest BCUT2D eigenvalue weighted by Crippen LogP contribution is 2.37. The molecule has 2 rings (SSSR count). The molecule has 112 valence electrons. The number of ether oxygens (including phenoxy) is 1. The van der Waals surface area contributed by atoms with Crippen molar-refractivity contribution in [2.45, 2.75) is 18.7 Å². The summed E-state index contributed by atoms with van der Waals surface area (Å²) in [4.78, 5) is 0. The molecule has 0 aromatic heterocycles. The molecule has 1 nitrogen and oxygen atoms in total. The van der Waals surface area contributed by atoms with Gasteiger partial charge in [-0.05, 0) is 11.6 Å². The minimum Gasteiger partial charge on any atom is -0.432 e. The second-order valence-electron chi connectivity index (χ2n) is 4.39. The van der Waals surface area contributed by atoms with Crippen molar-refractivity contribution in [1.82, 2.24) is 0 Å². The molecule has 0 atom stereocenters. The molecule has 0 N–H and O–H groups in total. The van der Waals surface area contributed by atoms with Gasteiger partial charge in [0.2, 0.25) is 0 Å². The summed E-state index contributed by atoms with van der Waals surface area (Å²) in [7, 11) is 0. The van der Waals surface area contributed by atoms with Crippen LogP contribution in [0.2, 0.25) is 0 Å². The Labute approximate surface area is 118 Å². The van der Waals surface area contributed by atoms with E-state index >= 15 is 0 Å². The van der Waals surface area contributed by atoms with Crippen LogP contribution in [0.5, 0.6) is 5.75 Å². The van der Waals surface area contributed by atoms with Crippen molar-refractivity contribution >= 4 is 0 Å². The minimum absolute atomic E-state index is 0.294. The van der Waals surface area contributed by atoms with E-state index in [0.717, 1.165) is 0 Å². The van der Waals surface area contributed by atoms with Gasteiger partial charge in [-0.3, -0.25) is 0 Å². The third kappa shape index (κ3) is 4.44. The first-order valence-electron chi connectivity index (χ1n) is 6.05. The SMILES string of the molecule is FC(F)(F)CC(F)(F)Oc1ccccc1-c1ccccc1. The topological polar surface area (TPSA) is 9.23 Å². The van der Waals surface area contributed by atoms with E-state index in [9.17, 15) is 22.0 Å². The third-order valence-electron chi connectivity index (χ3n) is 2.64. The molecule has 0 aliphatic carbocycles. The minimum atomic E-state index is -5.01. The highest BCUT2D eigenvalue weighted by molar-refractivity contribution is 5.70. The monoisotopic (exact) mass is 302 g/mol. The van der Waals surface area contributed by atoms with E-state index < -0.39 is 18.7 Å². The maximum Gasteiger partial charge on any atom is 0.406 e. The highest BCUT2D eigenvalue weighted by atomic mass is 19.4. The van der Waals surface area contributed by atoms with Crippen molar-refractivity contribution < 1.29 is 26.7 Å². The lowest BCUT2D eigenvalue weighted by Crippen LogP contribution is -2.31. The Bertz CT molecular complexity index is 593. The van der Waals surface area contributed by atoms with Gasteiger partial charge in [0.05, 0.1) is 0 Å². The average Bonchev–Trinajstić information content (AvgIpc) is 2.37. The molecule has 0 bridgehead atoms. The maximum atomic E-state index is 13.4. The molecule has 0 fully saturated rings. The van der Waals surface area contributed by atoms with Crippen molar-refractivity contribution in [1.29, 1.82) is 0 Å². The predicted molar refractivity (Wildman–Crippen MR) is 68.1 cm³/mol. The van der Waals surface area contributed by atoms with E-state index in [1.54, 1.807) is 36.4 Å². The van der Waals surface area contributed by atoms with E-state index in [2.05, 4.69) is 4.74 Å². The van der Waals surface area contributed by atoms with Crippen LogP contribution in [0.1, 0.15) is 6.42 Å². The largest absolute Gasteiger partial charge is 0.432 e. The summed E-state index contributed by atoms with van der Waals surface area (Å²) in [5.74, 6) is -0.294. The van der Waals surface area contributed by atoms with E-state index in [1.807, 2.05) is 0 Å². The zero-order chi connectivity index (χ0) is 15.5. The number of alkyl halides is 5. The van der Waals surface area contributed by atoms with Crippen LogP contribution in [0.3, 0.4) is 0 Å². The van der Waals surface area contributed by atoms with Crippen LogP contribution >= 0.6 is 0 Å². The summed E-state index contributed by atoms with van der Waals surface area (Å²) in [6.07, 6.45) is -11.7. The van der Waals surface area contributed by atoms with E-state index in [4.69, 9.17) is 0 Å². The lowest BCUT2D eigenvalue weighted by atomic mass is 10.1. The first-order chi connectivity index (χ1) is 9.77. The fourth-order valence-electron chi connectivity index (χ4n) is 1.84. The van der Waals surface area contributed by atoms with Crippen LogP contribution in [0.4, 0.5) is 22.0 Å². The second-order valence-corrected chi connectivity index (χ2v) is 4.39. The van der Waals surface area contributed by atoms with Crippen LogP contribution in [0, 0.1) is 0 Å². The van der Waals surface area contributed by atoms with Crippen molar-refractivity contribution in [2.24, 2.45) is 0 Å². The fourth-order valence-corrected chi connectivity index (χ4v) is 1.84. The molecule has 0 saturated carbocycles. The Kier molecular flexibility index (Phi) is 4.16. The molecule has 0 saturated heterocycles. The number of para-hydroxylation sites is 1. The van der Waals surface area contributed by atoms with Gasteiger partial charge < -0.3 is 4.74 Å². The summed E-state index contributed by atoms with van der Waals surface area (Å²) < 4.78 is 67.4. The lowest BCUT2D eigenvalue weighted by Gasteiger charge is -2.21. The van der Waals surface area contributed by atoms with Gasteiger partial charge in [-0.25, -0.2) is 0 Å². The Hall–Kier alpha value is -2.11. The van der Waals surface area contributed by atoms with Gasteiger partial charge in [0.15, 0.2) is 0 Å². The van der Waals surface area contributed by atoms with Crippen molar-refractivity contribution in [3.63, 3.8) is 0 Å². The van der Waals surface area contributed by atoms with Gasteiger partial charge in [-0.2, -0.15) is 22.0 Å². The Balaban J connectivity index is 2.29. The van der Waals surface area contributed by atoms with Crippen LogP contribution in [-0.4, -0.2) is 12.3 Å². The van der Waals surface area contributed by atoms with Gasteiger partial charge in [-0.1, -0.05) is 48.5 Å². The molecule has 0 aliphatic heterocycles. The molecular formula is C15H11F5O. The number of halogens is 5. The van der Waals surface area contributed by atoms with Crippen LogP contribution < -0.4 is 4.74 Å². The molecule has 0 heterocycles. The molecule has 6 heteroatoms. The molecule has 0 spiro atoms. The average molecular weight is 302 g/mol. The number of rotatable bonds is 4. The molecular weight excluding hydrogens is 291 g/mol. The molecule has 0 radical (unpaired) electrons. The van der Waals surface area contributed by atoms with E-state index in [1.165, 1.54) is 18.2 Å². The second kappa shape index (κ2) is 5.71. The summed E-state index contributed by atoms with van der Waals surface area (Å²) in [5.41, 5.74) is 0.885. The van der Waals surface area contributed by atoms with Gasteiger partial charge in [0.25, 0.3) is 0 Å². The standard InChI is InChI=1S/C15H11F5O/c16-14(17,18)10-15(19,20)21-13-9-5-4-8-12(13)11-6-2-1-3-7-11/h1-9H,10H2. The Morgan fingerprint density at radius 2 is 1.33 bits per heavy atom. The van der Waals surface area contributed by atoms with E-state index in [-0.39, 0.29) is 5.75 Å². The molecule has 2 aromatic rings. The van der Waals surface area contributed by atoms with Gasteiger partial charge >= 0.3 is 12.3 Å². The summed E-state index contributed by atoms with van der Waals surface area (Å²) in [6.45, 7) is 0. The Morgan fingerprint density at radius 3 is 1.95 bits per heavy atom. The van der Waals surface area contributed by atoms with Gasteiger partial charge in [0, 0.05) is 5.56 Å². The number of benzene rings is 2. The predicted octanol–water partition coefficient (Wildman–Crippen LogP) is 5.28. The van der Waals surface area contributed by atoms with E-state index in [0.29, 0.717) is 11.1 Å². The number of hydrogen-bond acceptors (Lipinski definition) is 1. The quantitative estimate of drug-likeness (QED) is 0.698. The summed E-state index contributed by atoms with van der Waals surface area (Å²) in [5, 5.41) is 0. The first-order valence-corrected chi connectivity index (χ1v) is 6.05. The summed E-state index contributed by atoms with van der Waals surface area (Å²) >= 11 is 0. The fraction of sp³-hybridized carbons (Fsp3) is 0.200. The first kappa shape index (κ1) is 15.3. The van der Waals surface area contributed by atoms with Crippen LogP contribution in [0.15, 0.2) is 54.6 Å². The molecule has 0 aliphatic rings. The molecule has 0 unspecified atom stereocenters. The summed E-state index contributed by atoms with van der Waals surface area (Å²) in [6, 6.07) is 14.2. The van der Waals surface area contributed by atoms with Crippen molar-refractivity contribution in [2.75, 3.05) is 0 Å². The zero-order valence-corrected chi connectivity index (χ0v) is 10.7. The van der Waals surface area contributed by atoms with Crippen molar-refractivity contribution in [3.8, 4) is 16.9 Å². The lowest BCUT2D eigenvalue weighted by molar-refractivity contribution is -0.254. The Morgan fingerprint density at radius 1 is 0.762 bits per heavy atom.